The Labute approximate surface area is 145 Å². The van der Waals surface area contributed by atoms with Crippen LogP contribution in [0.5, 0.6) is 11.5 Å². The second kappa shape index (κ2) is 6.95. The summed E-state index contributed by atoms with van der Waals surface area (Å²) in [6, 6.07) is 21.9. The molecule has 0 aliphatic carbocycles. The van der Waals surface area contributed by atoms with Crippen molar-refractivity contribution in [3.8, 4) is 11.5 Å². The zero-order chi connectivity index (χ0) is 17.0. The number of halogens is 1. The first-order chi connectivity index (χ1) is 11.5. The first-order valence-electron chi connectivity index (χ1n) is 7.14. The molecule has 0 heterocycles. The summed E-state index contributed by atoms with van der Waals surface area (Å²) in [5, 5.41) is 0.632. The molecule has 3 aromatic carbocycles. The minimum atomic E-state index is -3.60. The highest BCUT2D eigenvalue weighted by Crippen LogP contribution is 2.25. The van der Waals surface area contributed by atoms with Crippen LogP contribution in [-0.4, -0.2) is 8.42 Å². The van der Waals surface area contributed by atoms with E-state index in [0.717, 1.165) is 0 Å². The van der Waals surface area contributed by atoms with Crippen LogP contribution in [0, 0.1) is 0 Å². The summed E-state index contributed by atoms with van der Waals surface area (Å²) >= 11 is 5.83. The molecular formula is C18H14ClNO3S. The SMILES string of the molecule is O=S(=O)(Nc1ccc(Oc2ccc(Cl)cc2)cc1)c1ccccc1. The van der Waals surface area contributed by atoms with E-state index in [2.05, 4.69) is 4.72 Å². The molecule has 3 aromatic rings. The Balaban J connectivity index is 1.72. The molecule has 1 N–H and O–H groups in total. The zero-order valence-corrected chi connectivity index (χ0v) is 14.1. The highest BCUT2D eigenvalue weighted by atomic mass is 35.5. The average Bonchev–Trinajstić information content (AvgIpc) is 2.59. The van der Waals surface area contributed by atoms with Crippen LogP contribution in [0.15, 0.2) is 83.8 Å². The fraction of sp³-hybridized carbons (Fsp3) is 0. The number of sulfonamides is 1. The van der Waals surface area contributed by atoms with Crippen molar-refractivity contribution in [2.75, 3.05) is 4.72 Å². The largest absolute Gasteiger partial charge is 0.457 e. The Morgan fingerprint density at radius 1 is 0.750 bits per heavy atom. The van der Waals surface area contributed by atoms with E-state index in [1.807, 2.05) is 0 Å². The minimum Gasteiger partial charge on any atom is -0.457 e. The van der Waals surface area contributed by atoms with Crippen molar-refractivity contribution in [1.29, 1.82) is 0 Å². The maximum atomic E-state index is 12.3. The van der Waals surface area contributed by atoms with Crippen LogP contribution >= 0.6 is 11.6 Å². The average molecular weight is 360 g/mol. The smallest absolute Gasteiger partial charge is 0.261 e. The van der Waals surface area contributed by atoms with E-state index < -0.39 is 10.0 Å². The van der Waals surface area contributed by atoms with E-state index in [4.69, 9.17) is 16.3 Å². The van der Waals surface area contributed by atoms with Gasteiger partial charge in [-0.05, 0) is 60.7 Å². The fourth-order valence-corrected chi connectivity index (χ4v) is 3.25. The van der Waals surface area contributed by atoms with Crippen LogP contribution in [0.4, 0.5) is 5.69 Å². The van der Waals surface area contributed by atoms with Crippen LogP contribution in [-0.2, 0) is 10.0 Å². The van der Waals surface area contributed by atoms with Crippen LogP contribution < -0.4 is 9.46 Å². The molecule has 0 saturated carbocycles. The Morgan fingerprint density at radius 2 is 1.29 bits per heavy atom. The molecule has 0 aromatic heterocycles. The fourth-order valence-electron chi connectivity index (χ4n) is 2.04. The molecule has 0 spiro atoms. The predicted octanol–water partition coefficient (Wildman–Crippen LogP) is 4.93. The number of benzene rings is 3. The predicted molar refractivity (Wildman–Crippen MR) is 95.2 cm³/mol. The first-order valence-corrected chi connectivity index (χ1v) is 9.00. The van der Waals surface area contributed by atoms with Gasteiger partial charge in [-0.2, -0.15) is 0 Å². The van der Waals surface area contributed by atoms with E-state index in [0.29, 0.717) is 22.2 Å². The van der Waals surface area contributed by atoms with Gasteiger partial charge in [-0.25, -0.2) is 8.42 Å². The van der Waals surface area contributed by atoms with Crippen molar-refractivity contribution < 1.29 is 13.2 Å². The standard InChI is InChI=1S/C18H14ClNO3S/c19-14-6-10-16(11-7-14)23-17-12-8-15(9-13-17)20-24(21,22)18-4-2-1-3-5-18/h1-13,20H. The number of anilines is 1. The number of hydrogen-bond donors (Lipinski definition) is 1. The van der Waals surface area contributed by atoms with Gasteiger partial charge in [0.05, 0.1) is 4.90 Å². The summed E-state index contributed by atoms with van der Waals surface area (Å²) in [5.41, 5.74) is 0.460. The van der Waals surface area contributed by atoms with Crippen molar-refractivity contribution in [3.05, 3.63) is 83.9 Å². The Morgan fingerprint density at radius 3 is 1.88 bits per heavy atom. The minimum absolute atomic E-state index is 0.214. The third-order valence-corrected chi connectivity index (χ3v) is 4.86. The second-order valence-corrected chi connectivity index (χ2v) is 7.12. The summed E-state index contributed by atoms with van der Waals surface area (Å²) in [7, 11) is -3.60. The Bertz CT molecular complexity index is 909. The van der Waals surface area contributed by atoms with E-state index in [1.54, 1.807) is 78.9 Å². The highest BCUT2D eigenvalue weighted by Gasteiger charge is 2.13. The number of hydrogen-bond acceptors (Lipinski definition) is 3. The van der Waals surface area contributed by atoms with Crippen LogP contribution in [0.25, 0.3) is 0 Å². The molecule has 0 fully saturated rings. The lowest BCUT2D eigenvalue weighted by Gasteiger charge is -2.09. The maximum Gasteiger partial charge on any atom is 0.261 e. The van der Waals surface area contributed by atoms with E-state index >= 15 is 0 Å². The highest BCUT2D eigenvalue weighted by molar-refractivity contribution is 7.92. The van der Waals surface area contributed by atoms with Crippen LogP contribution in [0.3, 0.4) is 0 Å². The monoisotopic (exact) mass is 359 g/mol. The summed E-state index contributed by atoms with van der Waals surface area (Å²) in [5.74, 6) is 1.25. The third kappa shape index (κ3) is 4.07. The van der Waals surface area contributed by atoms with Crippen molar-refractivity contribution in [3.63, 3.8) is 0 Å². The van der Waals surface area contributed by atoms with Gasteiger partial charge in [-0.15, -0.1) is 0 Å². The van der Waals surface area contributed by atoms with Crippen LogP contribution in [0.1, 0.15) is 0 Å². The molecule has 0 amide bonds. The number of nitrogens with one attached hydrogen (secondary N) is 1. The molecular weight excluding hydrogens is 346 g/mol. The quantitative estimate of drug-likeness (QED) is 0.702. The van der Waals surface area contributed by atoms with Gasteiger partial charge in [0.1, 0.15) is 11.5 Å². The lowest BCUT2D eigenvalue weighted by molar-refractivity contribution is 0.483. The molecule has 0 radical (unpaired) electrons. The molecule has 4 nitrogen and oxygen atoms in total. The number of ether oxygens (including phenoxy) is 1. The first kappa shape index (κ1) is 16.4. The van der Waals surface area contributed by atoms with Gasteiger partial charge >= 0.3 is 0 Å². The Kier molecular flexibility index (Phi) is 4.74. The topological polar surface area (TPSA) is 55.4 Å². The summed E-state index contributed by atoms with van der Waals surface area (Å²) in [4.78, 5) is 0.214. The molecule has 122 valence electrons. The molecule has 0 atom stereocenters. The van der Waals surface area contributed by atoms with Crippen molar-refractivity contribution in [2.24, 2.45) is 0 Å². The van der Waals surface area contributed by atoms with Crippen molar-refractivity contribution in [1.82, 2.24) is 0 Å². The van der Waals surface area contributed by atoms with Gasteiger partial charge in [0.25, 0.3) is 10.0 Å². The lowest BCUT2D eigenvalue weighted by Crippen LogP contribution is -2.12. The Hall–Kier alpha value is -2.50. The molecule has 0 aliphatic rings. The van der Waals surface area contributed by atoms with Gasteiger partial charge in [0.15, 0.2) is 0 Å². The van der Waals surface area contributed by atoms with Gasteiger partial charge in [-0.1, -0.05) is 29.8 Å². The second-order valence-electron chi connectivity index (χ2n) is 5.00. The van der Waals surface area contributed by atoms with E-state index in [-0.39, 0.29) is 4.90 Å². The summed E-state index contributed by atoms with van der Waals surface area (Å²) < 4.78 is 32.7. The zero-order valence-electron chi connectivity index (χ0n) is 12.5. The van der Waals surface area contributed by atoms with E-state index in [9.17, 15) is 8.42 Å². The molecule has 0 bridgehead atoms. The van der Waals surface area contributed by atoms with E-state index in [1.165, 1.54) is 0 Å². The van der Waals surface area contributed by atoms with Gasteiger partial charge in [-0.3, -0.25) is 4.72 Å². The third-order valence-electron chi connectivity index (χ3n) is 3.21. The van der Waals surface area contributed by atoms with Gasteiger partial charge in [0, 0.05) is 10.7 Å². The summed E-state index contributed by atoms with van der Waals surface area (Å²) in [6.07, 6.45) is 0. The maximum absolute atomic E-state index is 12.3. The lowest BCUT2D eigenvalue weighted by atomic mass is 10.3. The summed E-state index contributed by atoms with van der Waals surface area (Å²) in [6.45, 7) is 0. The van der Waals surface area contributed by atoms with Crippen molar-refractivity contribution in [2.45, 2.75) is 4.90 Å². The molecule has 6 heteroatoms. The molecule has 3 rings (SSSR count). The van der Waals surface area contributed by atoms with Gasteiger partial charge < -0.3 is 4.74 Å². The normalized spacial score (nSPS) is 11.0. The molecule has 0 aliphatic heterocycles. The van der Waals surface area contributed by atoms with Crippen molar-refractivity contribution >= 4 is 27.3 Å². The van der Waals surface area contributed by atoms with Crippen LogP contribution in [0.2, 0.25) is 5.02 Å². The molecule has 0 saturated heterocycles. The number of rotatable bonds is 5. The molecule has 24 heavy (non-hydrogen) atoms. The molecule has 0 unspecified atom stereocenters. The van der Waals surface area contributed by atoms with Gasteiger partial charge in [0.2, 0.25) is 0 Å².